The number of hydrogen-bond donors (Lipinski definition) is 1. The average Bonchev–Trinajstić information content (AvgIpc) is 2.68. The van der Waals surface area contributed by atoms with E-state index in [1.165, 1.54) is 0 Å². The highest BCUT2D eigenvalue weighted by molar-refractivity contribution is 5.66. The van der Waals surface area contributed by atoms with E-state index in [9.17, 15) is 4.79 Å². The van der Waals surface area contributed by atoms with E-state index in [0.29, 0.717) is 12.3 Å². The van der Waals surface area contributed by atoms with Gasteiger partial charge in [-0.2, -0.15) is 0 Å². The molecular weight excluding hydrogens is 204 g/mol. The van der Waals surface area contributed by atoms with Crippen molar-refractivity contribution in [3.8, 4) is 0 Å². The van der Waals surface area contributed by atoms with Crippen LogP contribution in [0.4, 0.5) is 0 Å². The van der Waals surface area contributed by atoms with Gasteiger partial charge < -0.3 is 9.67 Å². The SMILES string of the molecule is C[C@@H](CCCCCn1ccnc1)CC(=O)O. The number of aliphatic carboxylic acids is 1. The number of nitrogens with zero attached hydrogens (tertiary/aromatic N) is 2. The van der Waals surface area contributed by atoms with Crippen LogP contribution in [0.15, 0.2) is 18.7 Å². The van der Waals surface area contributed by atoms with Crippen LogP contribution in [0.25, 0.3) is 0 Å². The molecule has 0 aromatic carbocycles. The topological polar surface area (TPSA) is 55.1 Å². The van der Waals surface area contributed by atoms with Gasteiger partial charge in [0.05, 0.1) is 6.33 Å². The molecule has 1 atom stereocenters. The quantitative estimate of drug-likeness (QED) is 0.690. The van der Waals surface area contributed by atoms with E-state index in [1.807, 2.05) is 19.4 Å². The maximum atomic E-state index is 10.4. The van der Waals surface area contributed by atoms with Crippen molar-refractivity contribution in [2.75, 3.05) is 0 Å². The normalized spacial score (nSPS) is 12.6. The summed E-state index contributed by atoms with van der Waals surface area (Å²) in [5, 5.41) is 8.60. The Morgan fingerprint density at radius 1 is 1.44 bits per heavy atom. The van der Waals surface area contributed by atoms with Gasteiger partial charge >= 0.3 is 5.97 Å². The summed E-state index contributed by atoms with van der Waals surface area (Å²) in [4.78, 5) is 14.4. The Hall–Kier alpha value is -1.32. The van der Waals surface area contributed by atoms with Gasteiger partial charge in [0, 0.05) is 25.4 Å². The number of hydrogen-bond acceptors (Lipinski definition) is 2. The summed E-state index contributed by atoms with van der Waals surface area (Å²) in [5.74, 6) is -0.392. The standard InChI is InChI=1S/C12H20N2O2/c1-11(9-12(15)16)5-3-2-4-7-14-8-6-13-10-14/h6,8,10-11H,2-5,7,9H2,1H3,(H,15,16)/t11-/m0/s1. The first-order valence-electron chi connectivity index (χ1n) is 5.86. The third-order valence-electron chi connectivity index (χ3n) is 2.70. The van der Waals surface area contributed by atoms with Gasteiger partial charge in [0.1, 0.15) is 0 Å². The van der Waals surface area contributed by atoms with Crippen LogP contribution >= 0.6 is 0 Å². The van der Waals surface area contributed by atoms with Crippen LogP contribution in [0.1, 0.15) is 39.0 Å². The van der Waals surface area contributed by atoms with Crippen molar-refractivity contribution in [1.82, 2.24) is 9.55 Å². The number of carboxylic acids is 1. The lowest BCUT2D eigenvalue weighted by Crippen LogP contribution is -2.04. The highest BCUT2D eigenvalue weighted by Crippen LogP contribution is 2.13. The van der Waals surface area contributed by atoms with Gasteiger partial charge in [-0.1, -0.05) is 26.2 Å². The van der Waals surface area contributed by atoms with Crippen LogP contribution in [0.2, 0.25) is 0 Å². The van der Waals surface area contributed by atoms with Crippen LogP contribution in [-0.2, 0) is 11.3 Å². The van der Waals surface area contributed by atoms with Crippen LogP contribution in [-0.4, -0.2) is 20.6 Å². The Morgan fingerprint density at radius 3 is 2.88 bits per heavy atom. The molecule has 16 heavy (non-hydrogen) atoms. The lowest BCUT2D eigenvalue weighted by molar-refractivity contribution is -0.138. The van der Waals surface area contributed by atoms with Crippen molar-refractivity contribution in [3.63, 3.8) is 0 Å². The van der Waals surface area contributed by atoms with E-state index < -0.39 is 5.97 Å². The van der Waals surface area contributed by atoms with Gasteiger partial charge in [-0.3, -0.25) is 4.79 Å². The maximum Gasteiger partial charge on any atom is 0.303 e. The molecule has 0 bridgehead atoms. The number of rotatable bonds is 8. The summed E-state index contributed by atoms with van der Waals surface area (Å²) in [6, 6.07) is 0. The first kappa shape index (κ1) is 12.7. The molecule has 1 rings (SSSR count). The van der Waals surface area contributed by atoms with Crippen LogP contribution in [0.5, 0.6) is 0 Å². The zero-order chi connectivity index (χ0) is 11.8. The largest absolute Gasteiger partial charge is 0.481 e. The molecule has 0 saturated carbocycles. The molecule has 0 unspecified atom stereocenters. The fourth-order valence-electron chi connectivity index (χ4n) is 1.78. The Labute approximate surface area is 96.3 Å². The Balaban J connectivity index is 1.97. The van der Waals surface area contributed by atoms with Crippen molar-refractivity contribution in [3.05, 3.63) is 18.7 Å². The molecule has 4 heteroatoms. The number of aromatic nitrogens is 2. The Morgan fingerprint density at radius 2 is 2.25 bits per heavy atom. The molecule has 1 N–H and O–H groups in total. The summed E-state index contributed by atoms with van der Waals surface area (Å²) >= 11 is 0. The van der Waals surface area contributed by atoms with E-state index in [-0.39, 0.29) is 0 Å². The molecule has 0 amide bonds. The zero-order valence-electron chi connectivity index (χ0n) is 9.80. The first-order chi connectivity index (χ1) is 7.68. The molecule has 0 aliphatic heterocycles. The molecule has 0 saturated heterocycles. The summed E-state index contributed by atoms with van der Waals surface area (Å²) in [6.07, 6.45) is 10.3. The first-order valence-corrected chi connectivity index (χ1v) is 5.86. The number of aryl methyl sites for hydroxylation is 1. The molecule has 90 valence electrons. The highest BCUT2D eigenvalue weighted by atomic mass is 16.4. The van der Waals surface area contributed by atoms with Crippen molar-refractivity contribution < 1.29 is 9.90 Å². The molecular formula is C12H20N2O2. The molecule has 0 aliphatic carbocycles. The summed E-state index contributed by atoms with van der Waals surface area (Å²) < 4.78 is 2.07. The number of carbonyl (C=O) groups is 1. The van der Waals surface area contributed by atoms with Crippen molar-refractivity contribution in [2.24, 2.45) is 5.92 Å². The predicted molar refractivity (Wildman–Crippen MR) is 62.1 cm³/mol. The summed E-state index contributed by atoms with van der Waals surface area (Å²) in [5.41, 5.74) is 0. The molecule has 1 aromatic rings. The fourth-order valence-corrected chi connectivity index (χ4v) is 1.78. The van der Waals surface area contributed by atoms with Gasteiger partial charge in [-0.15, -0.1) is 0 Å². The average molecular weight is 224 g/mol. The lowest BCUT2D eigenvalue weighted by Gasteiger charge is -2.08. The molecule has 0 spiro atoms. The maximum absolute atomic E-state index is 10.4. The minimum Gasteiger partial charge on any atom is -0.481 e. The second kappa shape index (κ2) is 7.04. The van der Waals surface area contributed by atoms with Gasteiger partial charge in [0.25, 0.3) is 0 Å². The Bertz CT molecular complexity index is 296. The fraction of sp³-hybridized carbons (Fsp3) is 0.667. The van der Waals surface area contributed by atoms with Crippen LogP contribution in [0.3, 0.4) is 0 Å². The van der Waals surface area contributed by atoms with Crippen molar-refractivity contribution in [2.45, 2.75) is 45.6 Å². The van der Waals surface area contributed by atoms with Gasteiger partial charge in [0.15, 0.2) is 0 Å². The molecule has 0 aliphatic rings. The minimum absolute atomic E-state index is 0.293. The lowest BCUT2D eigenvalue weighted by atomic mass is 10.00. The van der Waals surface area contributed by atoms with E-state index in [2.05, 4.69) is 9.55 Å². The second-order valence-electron chi connectivity index (χ2n) is 4.35. The van der Waals surface area contributed by atoms with E-state index in [0.717, 1.165) is 32.2 Å². The molecule has 0 fully saturated rings. The second-order valence-corrected chi connectivity index (χ2v) is 4.35. The predicted octanol–water partition coefficient (Wildman–Crippen LogP) is 2.55. The zero-order valence-corrected chi connectivity index (χ0v) is 9.80. The molecule has 1 aromatic heterocycles. The van der Waals surface area contributed by atoms with E-state index >= 15 is 0 Å². The van der Waals surface area contributed by atoms with Crippen LogP contribution in [0, 0.1) is 5.92 Å². The van der Waals surface area contributed by atoms with Gasteiger partial charge in [0.2, 0.25) is 0 Å². The highest BCUT2D eigenvalue weighted by Gasteiger charge is 2.06. The smallest absolute Gasteiger partial charge is 0.303 e. The third kappa shape index (κ3) is 5.53. The Kier molecular flexibility index (Phi) is 5.61. The molecule has 4 nitrogen and oxygen atoms in total. The third-order valence-corrected chi connectivity index (χ3v) is 2.70. The minimum atomic E-state index is -0.689. The monoisotopic (exact) mass is 224 g/mol. The van der Waals surface area contributed by atoms with Crippen molar-refractivity contribution >= 4 is 5.97 Å². The number of carboxylic acid groups (broad SMARTS) is 1. The summed E-state index contributed by atoms with van der Waals surface area (Å²) in [7, 11) is 0. The van der Waals surface area contributed by atoms with Crippen molar-refractivity contribution in [1.29, 1.82) is 0 Å². The van der Waals surface area contributed by atoms with Gasteiger partial charge in [-0.25, -0.2) is 4.98 Å². The number of unbranched alkanes of at least 4 members (excludes halogenated alkanes) is 2. The van der Waals surface area contributed by atoms with E-state index in [4.69, 9.17) is 5.11 Å². The van der Waals surface area contributed by atoms with E-state index in [1.54, 1.807) is 6.20 Å². The molecule has 1 heterocycles. The van der Waals surface area contributed by atoms with Crippen LogP contribution < -0.4 is 0 Å². The number of imidazole rings is 1. The summed E-state index contributed by atoms with van der Waals surface area (Å²) in [6.45, 7) is 3.01. The van der Waals surface area contributed by atoms with Gasteiger partial charge in [-0.05, 0) is 12.3 Å². The molecule has 0 radical (unpaired) electrons.